The van der Waals surface area contributed by atoms with Crippen LogP contribution in [0, 0.1) is 10.1 Å². The van der Waals surface area contributed by atoms with Gasteiger partial charge in [0, 0.05) is 0 Å². The summed E-state index contributed by atoms with van der Waals surface area (Å²) in [6, 6.07) is 0. The molecule has 2 aromatic heterocycles. The third-order valence-corrected chi connectivity index (χ3v) is 1.81. The molecular weight excluding hydrogens is 208 g/mol. The van der Waals surface area contributed by atoms with Gasteiger partial charge in [0.25, 0.3) is 5.71 Å². The maximum atomic E-state index is 10.7. The average Bonchev–Trinajstić information content (AvgIpc) is 2.66. The molecule has 0 aliphatic carbocycles. The van der Waals surface area contributed by atoms with E-state index in [4.69, 9.17) is 5.11 Å². The second-order valence-corrected chi connectivity index (χ2v) is 2.72. The molecule has 0 aliphatic rings. The number of aryl methyl sites for hydroxylation is 1. The van der Waals surface area contributed by atoms with Gasteiger partial charge in [-0.15, -0.1) is 4.68 Å². The Morgan fingerprint density at radius 1 is 1.67 bits per heavy atom. The van der Waals surface area contributed by atoms with E-state index in [9.17, 15) is 14.9 Å². The maximum absolute atomic E-state index is 10.7. The topological polar surface area (TPSA) is 124 Å². The highest BCUT2D eigenvalue weighted by atomic mass is 16.6. The first kappa shape index (κ1) is 9.12. The number of nitro groups is 1. The fourth-order valence-corrected chi connectivity index (χ4v) is 1.22. The Labute approximate surface area is 81.0 Å². The van der Waals surface area contributed by atoms with Crippen LogP contribution in [0.3, 0.4) is 0 Å². The molecule has 0 fully saturated rings. The minimum Gasteiger partial charge on any atom is -0.476 e. The van der Waals surface area contributed by atoms with Crippen LogP contribution in [0.5, 0.6) is 0 Å². The van der Waals surface area contributed by atoms with Gasteiger partial charge in [0.15, 0.2) is 5.39 Å². The molecule has 0 radical (unpaired) electrons. The third-order valence-electron chi connectivity index (χ3n) is 1.81. The van der Waals surface area contributed by atoms with Gasteiger partial charge in [0.1, 0.15) is 0 Å². The van der Waals surface area contributed by atoms with E-state index in [2.05, 4.69) is 14.8 Å². The van der Waals surface area contributed by atoms with Crippen LogP contribution in [0.1, 0.15) is 10.5 Å². The van der Waals surface area contributed by atoms with Crippen molar-refractivity contribution in [2.75, 3.05) is 0 Å². The van der Waals surface area contributed by atoms with Crippen molar-refractivity contribution in [2.24, 2.45) is 7.05 Å². The molecule has 0 saturated carbocycles. The molecule has 9 nitrogen and oxygen atoms in total. The van der Waals surface area contributed by atoms with Crippen LogP contribution in [0.2, 0.25) is 0 Å². The van der Waals surface area contributed by atoms with Crippen LogP contribution in [0.15, 0.2) is 4.52 Å². The Morgan fingerprint density at radius 2 is 2.33 bits per heavy atom. The van der Waals surface area contributed by atoms with Crippen LogP contribution in [-0.2, 0) is 7.05 Å². The molecule has 0 atom stereocenters. The fourth-order valence-electron chi connectivity index (χ4n) is 1.22. The molecule has 0 aliphatic heterocycles. The first-order valence-corrected chi connectivity index (χ1v) is 3.72. The van der Waals surface area contributed by atoms with Gasteiger partial charge >= 0.3 is 11.8 Å². The van der Waals surface area contributed by atoms with Crippen molar-refractivity contribution in [1.82, 2.24) is 14.9 Å². The number of rotatable bonds is 2. The highest BCUT2D eigenvalue weighted by molar-refractivity contribution is 6.02. The number of carboxylic acid groups (broad SMARTS) is 1. The number of carboxylic acids is 1. The van der Waals surface area contributed by atoms with Crippen molar-refractivity contribution in [3.63, 3.8) is 0 Å². The van der Waals surface area contributed by atoms with E-state index in [-0.39, 0.29) is 11.1 Å². The van der Waals surface area contributed by atoms with Crippen molar-refractivity contribution in [3.8, 4) is 0 Å². The standard InChI is InChI=1S/C6H4N4O5/c1-9-5-2(4(7-9)10(13)14)3(6(11)12)8-15-5/h1H3,(H,11,12). The number of hydrogen-bond acceptors (Lipinski definition) is 6. The van der Waals surface area contributed by atoms with Crippen molar-refractivity contribution in [1.29, 1.82) is 0 Å². The van der Waals surface area contributed by atoms with Gasteiger partial charge in [0.2, 0.25) is 5.69 Å². The van der Waals surface area contributed by atoms with Gasteiger partial charge in [-0.2, -0.15) is 0 Å². The fraction of sp³-hybridized carbons (Fsp3) is 0.167. The molecule has 2 aromatic rings. The van der Waals surface area contributed by atoms with Gasteiger partial charge in [-0.25, -0.2) is 4.79 Å². The number of nitrogens with zero attached hydrogens (tertiary/aromatic N) is 4. The minimum absolute atomic E-state index is 0.0425. The molecule has 0 unspecified atom stereocenters. The monoisotopic (exact) mass is 212 g/mol. The van der Waals surface area contributed by atoms with Crippen LogP contribution < -0.4 is 0 Å². The van der Waals surface area contributed by atoms with E-state index in [0.29, 0.717) is 0 Å². The largest absolute Gasteiger partial charge is 0.476 e. The molecule has 1 N–H and O–H groups in total. The van der Waals surface area contributed by atoms with Crippen molar-refractivity contribution < 1.29 is 19.3 Å². The molecular formula is C6H4N4O5. The molecule has 0 saturated heterocycles. The molecule has 0 bridgehead atoms. The first-order chi connectivity index (χ1) is 7.02. The Morgan fingerprint density at radius 3 is 2.87 bits per heavy atom. The lowest BCUT2D eigenvalue weighted by atomic mass is 10.3. The molecule has 2 heterocycles. The lowest BCUT2D eigenvalue weighted by Crippen LogP contribution is -1.99. The summed E-state index contributed by atoms with van der Waals surface area (Å²) < 4.78 is 5.70. The summed E-state index contributed by atoms with van der Waals surface area (Å²) in [6.45, 7) is 0. The summed E-state index contributed by atoms with van der Waals surface area (Å²) in [5.74, 6) is -1.98. The average molecular weight is 212 g/mol. The predicted octanol–water partition coefficient (Wildman–Crippen LogP) is 0.168. The lowest BCUT2D eigenvalue weighted by Gasteiger charge is -1.86. The summed E-state index contributed by atoms with van der Waals surface area (Å²) in [4.78, 5) is 20.5. The normalized spacial score (nSPS) is 10.7. The smallest absolute Gasteiger partial charge is 0.404 e. The molecule has 15 heavy (non-hydrogen) atoms. The maximum Gasteiger partial charge on any atom is 0.404 e. The van der Waals surface area contributed by atoms with Crippen molar-refractivity contribution in [3.05, 3.63) is 15.8 Å². The molecule has 0 aromatic carbocycles. The van der Waals surface area contributed by atoms with Gasteiger partial charge in [-0.3, -0.25) is 0 Å². The van der Waals surface area contributed by atoms with E-state index in [0.717, 1.165) is 4.68 Å². The Bertz CT molecular complexity index is 567. The molecule has 0 spiro atoms. The summed E-state index contributed by atoms with van der Waals surface area (Å²) in [6.07, 6.45) is 0. The number of carbonyl (C=O) groups is 1. The SMILES string of the molecule is Cn1nc([N+](=O)[O-])c2c(C(=O)O)noc21. The number of aromatic nitrogens is 3. The summed E-state index contributed by atoms with van der Waals surface area (Å²) >= 11 is 0. The summed E-state index contributed by atoms with van der Waals surface area (Å²) in [5.41, 5.74) is -0.552. The van der Waals surface area contributed by atoms with Gasteiger partial charge < -0.3 is 19.7 Å². The van der Waals surface area contributed by atoms with Gasteiger partial charge in [-0.05, 0) is 4.92 Å². The number of hydrogen-bond donors (Lipinski definition) is 1. The Kier molecular flexibility index (Phi) is 1.68. The quantitative estimate of drug-likeness (QED) is 0.555. The number of fused-ring (bicyclic) bond motifs is 1. The van der Waals surface area contributed by atoms with E-state index >= 15 is 0 Å². The summed E-state index contributed by atoms with van der Waals surface area (Å²) in [5, 5.41) is 25.8. The van der Waals surface area contributed by atoms with E-state index < -0.39 is 22.4 Å². The van der Waals surface area contributed by atoms with Crippen LogP contribution in [0.4, 0.5) is 5.82 Å². The zero-order valence-electron chi connectivity index (χ0n) is 7.37. The second-order valence-electron chi connectivity index (χ2n) is 2.72. The van der Waals surface area contributed by atoms with E-state index in [1.165, 1.54) is 7.05 Å². The highest BCUT2D eigenvalue weighted by Gasteiger charge is 2.30. The first-order valence-electron chi connectivity index (χ1n) is 3.72. The van der Waals surface area contributed by atoms with Crippen molar-refractivity contribution >= 4 is 22.9 Å². The summed E-state index contributed by atoms with van der Waals surface area (Å²) in [7, 11) is 1.39. The van der Waals surface area contributed by atoms with Gasteiger partial charge in [-0.1, -0.05) is 5.16 Å². The molecule has 2 rings (SSSR count). The molecule has 78 valence electrons. The lowest BCUT2D eigenvalue weighted by molar-refractivity contribution is -0.388. The predicted molar refractivity (Wildman–Crippen MR) is 44.4 cm³/mol. The highest BCUT2D eigenvalue weighted by Crippen LogP contribution is 2.27. The van der Waals surface area contributed by atoms with Gasteiger partial charge in [0.05, 0.1) is 12.1 Å². The van der Waals surface area contributed by atoms with Crippen LogP contribution in [-0.4, -0.2) is 30.9 Å². The Balaban J connectivity index is 2.87. The number of aromatic carboxylic acids is 1. The Hall–Kier alpha value is -2.45. The van der Waals surface area contributed by atoms with Crippen LogP contribution in [0.25, 0.3) is 11.1 Å². The van der Waals surface area contributed by atoms with Crippen LogP contribution >= 0.6 is 0 Å². The minimum atomic E-state index is -1.40. The zero-order chi connectivity index (χ0) is 11.2. The van der Waals surface area contributed by atoms with Crippen molar-refractivity contribution in [2.45, 2.75) is 0 Å². The zero-order valence-corrected chi connectivity index (χ0v) is 7.37. The second kappa shape index (κ2) is 2.77. The third kappa shape index (κ3) is 1.13. The molecule has 0 amide bonds. The molecule has 9 heteroatoms. The van der Waals surface area contributed by atoms with E-state index in [1.807, 2.05) is 0 Å². The van der Waals surface area contributed by atoms with E-state index in [1.54, 1.807) is 0 Å².